The lowest BCUT2D eigenvalue weighted by atomic mass is 9.74. The molecule has 1 aromatic rings. The highest BCUT2D eigenvalue weighted by molar-refractivity contribution is 5.89. The van der Waals surface area contributed by atoms with Gasteiger partial charge in [-0.05, 0) is 56.7 Å². The molecule has 2 N–H and O–H groups in total. The lowest BCUT2D eigenvalue weighted by Crippen LogP contribution is -2.39. The van der Waals surface area contributed by atoms with Crippen LogP contribution in [0.25, 0.3) is 0 Å². The van der Waals surface area contributed by atoms with Gasteiger partial charge in [-0.2, -0.15) is 0 Å². The molecule has 1 aromatic carbocycles. The van der Waals surface area contributed by atoms with Crippen molar-refractivity contribution in [3.63, 3.8) is 0 Å². The number of hydrogen-bond acceptors (Lipinski definition) is 3. The fourth-order valence-electron chi connectivity index (χ4n) is 4.90. The largest absolute Gasteiger partial charge is 0.506 e. The minimum absolute atomic E-state index is 0.180. The molecule has 126 valence electrons. The van der Waals surface area contributed by atoms with Gasteiger partial charge in [-0.15, -0.1) is 0 Å². The topological polar surface area (TPSA) is 60.8 Å². The summed E-state index contributed by atoms with van der Waals surface area (Å²) in [4.78, 5) is 13.5. The van der Waals surface area contributed by atoms with Crippen LogP contribution < -0.4 is 4.90 Å². The Morgan fingerprint density at radius 2 is 1.83 bits per heavy atom. The Morgan fingerprint density at radius 1 is 1.17 bits per heavy atom. The highest BCUT2D eigenvalue weighted by Gasteiger charge is 2.48. The fourth-order valence-corrected chi connectivity index (χ4v) is 4.90. The Kier molecular flexibility index (Phi) is 4.26. The van der Waals surface area contributed by atoms with E-state index in [-0.39, 0.29) is 11.3 Å². The third-order valence-corrected chi connectivity index (χ3v) is 6.08. The Hall–Kier alpha value is -1.71. The molecule has 2 atom stereocenters. The summed E-state index contributed by atoms with van der Waals surface area (Å²) in [5, 5.41) is 19.6. The number of carboxylic acid groups (broad SMARTS) is 1. The van der Waals surface area contributed by atoms with Gasteiger partial charge in [0.1, 0.15) is 5.75 Å². The lowest BCUT2D eigenvalue weighted by molar-refractivity contribution is 0.0697. The average Bonchev–Trinajstić information content (AvgIpc) is 2.68. The maximum atomic E-state index is 11.3. The molecule has 23 heavy (non-hydrogen) atoms. The fraction of sp³-hybridized carbons (Fsp3) is 0.632. The van der Waals surface area contributed by atoms with Crippen molar-refractivity contribution in [3.05, 3.63) is 23.8 Å². The molecule has 0 bridgehead atoms. The first-order chi connectivity index (χ1) is 10.9. The van der Waals surface area contributed by atoms with Gasteiger partial charge < -0.3 is 15.1 Å². The van der Waals surface area contributed by atoms with E-state index in [2.05, 4.69) is 18.7 Å². The van der Waals surface area contributed by atoms with Gasteiger partial charge in [0.05, 0.1) is 11.3 Å². The van der Waals surface area contributed by atoms with Crippen LogP contribution in [0, 0.1) is 5.41 Å². The number of benzene rings is 1. The first kappa shape index (κ1) is 16.2. The molecule has 1 saturated carbocycles. The molecule has 1 spiro atoms. The number of hydrogen-bond donors (Lipinski definition) is 2. The maximum absolute atomic E-state index is 11.3. The van der Waals surface area contributed by atoms with E-state index in [1.807, 2.05) is 0 Å². The monoisotopic (exact) mass is 317 g/mol. The SMILES string of the molecule is CC1CC2(CCCCCC2)C(C)N1c1cc(C(=O)O)ccc1O. The summed E-state index contributed by atoms with van der Waals surface area (Å²) in [5.74, 6) is -0.769. The molecule has 3 rings (SSSR count). The second-order valence-electron chi connectivity index (χ2n) is 7.42. The van der Waals surface area contributed by atoms with Crippen LogP contribution in [0.3, 0.4) is 0 Å². The summed E-state index contributed by atoms with van der Waals surface area (Å²) in [7, 11) is 0. The second kappa shape index (κ2) is 6.06. The molecule has 2 unspecified atom stereocenters. The van der Waals surface area contributed by atoms with E-state index < -0.39 is 5.97 Å². The highest BCUT2D eigenvalue weighted by Crippen LogP contribution is 2.52. The zero-order valence-electron chi connectivity index (χ0n) is 14.1. The van der Waals surface area contributed by atoms with Gasteiger partial charge in [0.25, 0.3) is 0 Å². The molecule has 1 saturated heterocycles. The number of aromatic hydroxyl groups is 1. The van der Waals surface area contributed by atoms with Gasteiger partial charge in [-0.25, -0.2) is 4.79 Å². The number of aromatic carboxylic acids is 1. The number of phenolic OH excluding ortho intramolecular Hbond substituents is 1. The van der Waals surface area contributed by atoms with Gasteiger partial charge in [0.15, 0.2) is 0 Å². The van der Waals surface area contributed by atoms with E-state index in [0.29, 0.717) is 23.2 Å². The number of anilines is 1. The van der Waals surface area contributed by atoms with Crippen LogP contribution in [-0.2, 0) is 0 Å². The van der Waals surface area contributed by atoms with Gasteiger partial charge >= 0.3 is 5.97 Å². The second-order valence-corrected chi connectivity index (χ2v) is 7.42. The molecule has 4 nitrogen and oxygen atoms in total. The molecule has 0 radical (unpaired) electrons. The van der Waals surface area contributed by atoms with Crippen molar-refractivity contribution in [1.82, 2.24) is 0 Å². The van der Waals surface area contributed by atoms with Gasteiger partial charge in [0.2, 0.25) is 0 Å². The first-order valence-corrected chi connectivity index (χ1v) is 8.79. The van der Waals surface area contributed by atoms with Crippen LogP contribution in [0.2, 0.25) is 0 Å². The summed E-state index contributed by atoms with van der Waals surface area (Å²) in [6.45, 7) is 4.45. The van der Waals surface area contributed by atoms with Crippen molar-refractivity contribution >= 4 is 11.7 Å². The Morgan fingerprint density at radius 3 is 2.43 bits per heavy atom. The van der Waals surface area contributed by atoms with Gasteiger partial charge in [-0.3, -0.25) is 0 Å². The predicted octanol–water partition coefficient (Wildman–Crippen LogP) is 4.42. The lowest BCUT2D eigenvalue weighted by Gasteiger charge is -2.37. The maximum Gasteiger partial charge on any atom is 0.335 e. The Labute approximate surface area is 138 Å². The van der Waals surface area contributed by atoms with Crippen molar-refractivity contribution in [2.45, 2.75) is 70.9 Å². The number of carboxylic acids is 1. The van der Waals surface area contributed by atoms with E-state index in [4.69, 9.17) is 0 Å². The molecular weight excluding hydrogens is 290 g/mol. The molecule has 1 aliphatic carbocycles. The van der Waals surface area contributed by atoms with E-state index in [0.717, 1.165) is 6.42 Å². The molecular formula is C19H27NO3. The van der Waals surface area contributed by atoms with Crippen molar-refractivity contribution in [3.8, 4) is 5.75 Å². The van der Waals surface area contributed by atoms with E-state index in [9.17, 15) is 15.0 Å². The van der Waals surface area contributed by atoms with E-state index >= 15 is 0 Å². The zero-order chi connectivity index (χ0) is 16.6. The summed E-state index contributed by atoms with van der Waals surface area (Å²) in [6, 6.07) is 5.24. The summed E-state index contributed by atoms with van der Waals surface area (Å²) in [6.07, 6.45) is 8.83. The minimum atomic E-state index is -0.949. The highest BCUT2D eigenvalue weighted by atomic mass is 16.4. The number of carbonyl (C=O) groups is 1. The molecule has 2 fully saturated rings. The van der Waals surface area contributed by atoms with Crippen LogP contribution >= 0.6 is 0 Å². The Balaban J connectivity index is 1.96. The van der Waals surface area contributed by atoms with Crippen molar-refractivity contribution in [2.75, 3.05) is 4.90 Å². The smallest absolute Gasteiger partial charge is 0.335 e. The normalized spacial score (nSPS) is 27.1. The molecule has 4 heteroatoms. The molecule has 0 aromatic heterocycles. The van der Waals surface area contributed by atoms with Crippen molar-refractivity contribution < 1.29 is 15.0 Å². The van der Waals surface area contributed by atoms with Crippen molar-refractivity contribution in [2.24, 2.45) is 5.41 Å². The predicted molar refractivity (Wildman–Crippen MR) is 91.2 cm³/mol. The van der Waals surface area contributed by atoms with Crippen molar-refractivity contribution in [1.29, 1.82) is 0 Å². The van der Waals surface area contributed by atoms with Crippen LogP contribution in [-0.4, -0.2) is 28.3 Å². The molecule has 1 heterocycles. The number of phenols is 1. The van der Waals surface area contributed by atoms with Crippen LogP contribution in [0.1, 0.15) is 69.2 Å². The summed E-state index contributed by atoms with van der Waals surface area (Å²) in [5.41, 5.74) is 1.21. The first-order valence-electron chi connectivity index (χ1n) is 8.79. The number of rotatable bonds is 2. The summed E-state index contributed by atoms with van der Waals surface area (Å²) >= 11 is 0. The van der Waals surface area contributed by atoms with Crippen LogP contribution in [0.15, 0.2) is 18.2 Å². The molecule has 0 amide bonds. The Bertz CT molecular complexity index is 590. The number of nitrogens with zero attached hydrogens (tertiary/aromatic N) is 1. The minimum Gasteiger partial charge on any atom is -0.506 e. The standard InChI is InChI=1S/C19H27NO3/c1-13-12-19(9-5-3-4-6-10-19)14(2)20(13)16-11-15(18(22)23)7-8-17(16)21/h7-8,11,13-14,21H,3-6,9-10,12H2,1-2H3,(H,22,23). The van der Waals surface area contributed by atoms with Gasteiger partial charge in [0, 0.05) is 12.1 Å². The molecule has 1 aliphatic heterocycles. The average molecular weight is 317 g/mol. The van der Waals surface area contributed by atoms with Crippen LogP contribution in [0.4, 0.5) is 5.69 Å². The summed E-state index contributed by atoms with van der Waals surface area (Å²) < 4.78 is 0. The third-order valence-electron chi connectivity index (χ3n) is 6.08. The molecule has 2 aliphatic rings. The quantitative estimate of drug-likeness (QED) is 0.847. The van der Waals surface area contributed by atoms with E-state index in [1.54, 1.807) is 6.07 Å². The zero-order valence-corrected chi connectivity index (χ0v) is 14.1. The van der Waals surface area contributed by atoms with Gasteiger partial charge in [-0.1, -0.05) is 25.7 Å². The van der Waals surface area contributed by atoms with Crippen LogP contribution in [0.5, 0.6) is 5.75 Å². The van der Waals surface area contributed by atoms with E-state index in [1.165, 1.54) is 50.7 Å². The third kappa shape index (κ3) is 2.79.